The topological polar surface area (TPSA) is 98.7 Å². The van der Waals surface area contributed by atoms with Crippen LogP contribution in [0.2, 0.25) is 0 Å². The van der Waals surface area contributed by atoms with Gasteiger partial charge in [0, 0.05) is 33.1 Å². The number of amides is 3. The summed E-state index contributed by atoms with van der Waals surface area (Å²) >= 11 is 0. The average molecular weight is 299 g/mol. The van der Waals surface area contributed by atoms with Crippen LogP contribution in [-0.4, -0.2) is 54.1 Å². The minimum atomic E-state index is -0.819. The van der Waals surface area contributed by atoms with Gasteiger partial charge >= 0.3 is 12.0 Å². The maximum Gasteiger partial charge on any atom is 0.317 e. The van der Waals surface area contributed by atoms with Gasteiger partial charge in [-0.15, -0.1) is 0 Å². The predicted octanol–water partition coefficient (Wildman–Crippen LogP) is 0.799. The summed E-state index contributed by atoms with van der Waals surface area (Å²) in [6, 6.07) is -0.262. The van der Waals surface area contributed by atoms with E-state index in [4.69, 9.17) is 0 Å². The van der Waals surface area contributed by atoms with Crippen molar-refractivity contribution in [2.45, 2.75) is 39.5 Å². The number of nitrogens with zero attached hydrogens (tertiary/aromatic N) is 1. The van der Waals surface area contributed by atoms with E-state index in [1.807, 2.05) is 6.92 Å². The van der Waals surface area contributed by atoms with Gasteiger partial charge in [0.2, 0.25) is 5.91 Å². The summed E-state index contributed by atoms with van der Waals surface area (Å²) < 4.78 is 0. The molecule has 0 bridgehead atoms. The summed E-state index contributed by atoms with van der Waals surface area (Å²) in [6.07, 6.45) is 2.68. The second-order valence-corrected chi connectivity index (χ2v) is 5.58. The van der Waals surface area contributed by atoms with Crippen LogP contribution in [0, 0.1) is 5.41 Å². The number of aliphatic carboxylic acids is 1. The number of carboxylic acids is 1. The van der Waals surface area contributed by atoms with E-state index in [-0.39, 0.29) is 18.5 Å². The zero-order valence-electron chi connectivity index (χ0n) is 12.8. The smallest absolute Gasteiger partial charge is 0.317 e. The molecule has 1 unspecified atom stereocenters. The molecule has 0 aromatic carbocycles. The zero-order valence-corrected chi connectivity index (χ0v) is 12.8. The molecule has 0 aromatic rings. The fourth-order valence-electron chi connectivity index (χ4n) is 2.79. The molecule has 21 heavy (non-hydrogen) atoms. The van der Waals surface area contributed by atoms with Crippen molar-refractivity contribution in [2.75, 3.05) is 26.2 Å². The number of nitrogens with one attached hydrogen (secondary N) is 2. The van der Waals surface area contributed by atoms with Crippen molar-refractivity contribution in [3.8, 4) is 0 Å². The van der Waals surface area contributed by atoms with E-state index in [0.29, 0.717) is 38.9 Å². The largest absolute Gasteiger partial charge is 0.481 e. The lowest BCUT2D eigenvalue weighted by molar-refractivity contribution is -0.152. The van der Waals surface area contributed by atoms with Gasteiger partial charge < -0.3 is 20.6 Å². The first-order valence-corrected chi connectivity index (χ1v) is 7.42. The zero-order chi connectivity index (χ0) is 15.9. The Morgan fingerprint density at radius 2 is 1.90 bits per heavy atom. The summed E-state index contributed by atoms with van der Waals surface area (Å²) in [5.74, 6) is -0.963. The van der Waals surface area contributed by atoms with E-state index in [2.05, 4.69) is 10.6 Å². The molecule has 3 amide bonds. The third-order valence-corrected chi connectivity index (χ3v) is 3.82. The summed E-state index contributed by atoms with van der Waals surface area (Å²) in [7, 11) is 0. The van der Waals surface area contributed by atoms with E-state index in [1.54, 1.807) is 4.90 Å². The van der Waals surface area contributed by atoms with Crippen LogP contribution in [0.25, 0.3) is 0 Å². The van der Waals surface area contributed by atoms with Gasteiger partial charge in [-0.05, 0) is 19.3 Å². The summed E-state index contributed by atoms with van der Waals surface area (Å²) in [5.41, 5.74) is -0.817. The van der Waals surface area contributed by atoms with E-state index < -0.39 is 11.4 Å². The lowest BCUT2D eigenvalue weighted by atomic mass is 9.76. The van der Waals surface area contributed by atoms with Gasteiger partial charge in [-0.1, -0.05) is 13.3 Å². The lowest BCUT2D eigenvalue weighted by Crippen LogP contribution is -2.53. The predicted molar refractivity (Wildman–Crippen MR) is 77.9 cm³/mol. The number of piperidine rings is 1. The molecule has 0 saturated carbocycles. The van der Waals surface area contributed by atoms with Gasteiger partial charge in [-0.3, -0.25) is 9.59 Å². The van der Waals surface area contributed by atoms with E-state index in [9.17, 15) is 19.5 Å². The molecule has 3 N–H and O–H groups in total. The highest BCUT2D eigenvalue weighted by atomic mass is 16.4. The number of rotatable bonds is 6. The molecule has 1 saturated heterocycles. The molecule has 0 spiro atoms. The average Bonchev–Trinajstić information content (AvgIpc) is 2.43. The standard InChI is InChI=1S/C14H25N3O4/c1-3-5-14(12(19)20)6-4-9-17(10-14)13(21)16-8-7-15-11(2)18/h3-10H2,1-2H3,(H,15,18)(H,16,21)(H,19,20). The molecule has 0 aromatic heterocycles. The molecular weight excluding hydrogens is 274 g/mol. The molecule has 1 aliphatic heterocycles. The van der Waals surface area contributed by atoms with Crippen molar-refractivity contribution >= 4 is 17.9 Å². The molecule has 1 fully saturated rings. The first-order valence-electron chi connectivity index (χ1n) is 7.42. The highest BCUT2D eigenvalue weighted by Crippen LogP contribution is 2.35. The van der Waals surface area contributed by atoms with Crippen molar-refractivity contribution in [3.05, 3.63) is 0 Å². The van der Waals surface area contributed by atoms with Crippen LogP contribution in [0.1, 0.15) is 39.5 Å². The normalized spacial score (nSPS) is 21.7. The molecule has 7 nitrogen and oxygen atoms in total. The number of hydrogen-bond donors (Lipinski definition) is 3. The summed E-state index contributed by atoms with van der Waals surface area (Å²) in [5, 5.41) is 14.8. The van der Waals surface area contributed by atoms with Crippen molar-refractivity contribution in [3.63, 3.8) is 0 Å². The first-order chi connectivity index (χ1) is 9.91. The van der Waals surface area contributed by atoms with Crippen LogP contribution in [0.4, 0.5) is 4.79 Å². The van der Waals surface area contributed by atoms with E-state index in [0.717, 1.165) is 6.42 Å². The van der Waals surface area contributed by atoms with Crippen molar-refractivity contribution in [2.24, 2.45) is 5.41 Å². The van der Waals surface area contributed by atoms with Gasteiger partial charge in [0.15, 0.2) is 0 Å². The van der Waals surface area contributed by atoms with Gasteiger partial charge in [0.1, 0.15) is 0 Å². The van der Waals surface area contributed by atoms with Crippen LogP contribution in [0.15, 0.2) is 0 Å². The van der Waals surface area contributed by atoms with Crippen LogP contribution in [-0.2, 0) is 9.59 Å². The highest BCUT2D eigenvalue weighted by molar-refractivity contribution is 5.79. The molecule has 0 radical (unpaired) electrons. The summed E-state index contributed by atoms with van der Waals surface area (Å²) in [4.78, 5) is 35.9. The van der Waals surface area contributed by atoms with Crippen LogP contribution >= 0.6 is 0 Å². The van der Waals surface area contributed by atoms with Crippen molar-refractivity contribution < 1.29 is 19.5 Å². The molecule has 1 heterocycles. The number of likely N-dealkylation sites (tertiary alicyclic amines) is 1. The van der Waals surface area contributed by atoms with Gasteiger partial charge in [-0.2, -0.15) is 0 Å². The lowest BCUT2D eigenvalue weighted by Gasteiger charge is -2.39. The number of carbonyl (C=O) groups excluding carboxylic acids is 2. The Bertz CT molecular complexity index is 396. The van der Waals surface area contributed by atoms with Crippen molar-refractivity contribution in [1.29, 1.82) is 0 Å². The first kappa shape index (κ1) is 17.3. The molecule has 0 aliphatic carbocycles. The fourth-order valence-corrected chi connectivity index (χ4v) is 2.79. The summed E-state index contributed by atoms with van der Waals surface area (Å²) in [6.45, 7) is 4.90. The van der Waals surface area contributed by atoms with Gasteiger partial charge in [0.25, 0.3) is 0 Å². The Kier molecular flexibility index (Phi) is 6.45. The molecule has 7 heteroatoms. The second-order valence-electron chi connectivity index (χ2n) is 5.58. The Morgan fingerprint density at radius 3 is 2.48 bits per heavy atom. The van der Waals surface area contributed by atoms with Crippen LogP contribution in [0.5, 0.6) is 0 Å². The van der Waals surface area contributed by atoms with E-state index in [1.165, 1.54) is 6.92 Å². The number of carboxylic acid groups (broad SMARTS) is 1. The maximum atomic E-state index is 12.1. The minimum absolute atomic E-state index is 0.143. The van der Waals surface area contributed by atoms with Crippen LogP contribution in [0.3, 0.4) is 0 Å². The van der Waals surface area contributed by atoms with Crippen molar-refractivity contribution in [1.82, 2.24) is 15.5 Å². The molecule has 120 valence electrons. The van der Waals surface area contributed by atoms with E-state index >= 15 is 0 Å². The SMILES string of the molecule is CCCC1(C(=O)O)CCCN(C(=O)NCCNC(C)=O)C1. The Balaban J connectivity index is 2.52. The monoisotopic (exact) mass is 299 g/mol. The Hall–Kier alpha value is -1.79. The number of carbonyl (C=O) groups is 3. The molecular formula is C14H25N3O4. The second kappa shape index (κ2) is 7.85. The Labute approximate surface area is 125 Å². The fraction of sp³-hybridized carbons (Fsp3) is 0.786. The molecule has 1 atom stereocenters. The highest BCUT2D eigenvalue weighted by Gasteiger charge is 2.42. The Morgan fingerprint density at radius 1 is 1.24 bits per heavy atom. The minimum Gasteiger partial charge on any atom is -0.481 e. The van der Waals surface area contributed by atoms with Gasteiger partial charge in [-0.25, -0.2) is 4.79 Å². The third kappa shape index (κ3) is 4.91. The van der Waals surface area contributed by atoms with Crippen LogP contribution < -0.4 is 10.6 Å². The number of urea groups is 1. The maximum absolute atomic E-state index is 12.1. The number of hydrogen-bond acceptors (Lipinski definition) is 3. The van der Waals surface area contributed by atoms with Gasteiger partial charge in [0.05, 0.1) is 5.41 Å². The molecule has 1 aliphatic rings. The third-order valence-electron chi connectivity index (χ3n) is 3.82. The quantitative estimate of drug-likeness (QED) is 0.632. The molecule has 1 rings (SSSR count).